The molecule has 0 saturated heterocycles. The molecule has 0 amide bonds. The molecule has 88 valence electrons. The van der Waals surface area contributed by atoms with E-state index >= 15 is 0 Å². The zero-order chi connectivity index (χ0) is 12.4. The van der Waals surface area contributed by atoms with Crippen molar-refractivity contribution in [2.75, 3.05) is 0 Å². The molecule has 3 nitrogen and oxygen atoms in total. The number of para-hydroxylation sites is 1. The van der Waals surface area contributed by atoms with Crippen molar-refractivity contribution in [3.8, 4) is 11.5 Å². The maximum absolute atomic E-state index is 11.3. The van der Waals surface area contributed by atoms with Crippen LogP contribution >= 0.6 is 0 Å². The molecular weight excluding hydrogens is 214 g/mol. The van der Waals surface area contributed by atoms with Crippen molar-refractivity contribution in [1.29, 1.82) is 0 Å². The van der Waals surface area contributed by atoms with Crippen LogP contribution < -0.4 is 10.3 Å². The zero-order valence-corrected chi connectivity index (χ0v) is 10.2. The average Bonchev–Trinajstić information content (AvgIpc) is 2.28. The van der Waals surface area contributed by atoms with Crippen LogP contribution in [0, 0.1) is 13.8 Å². The molecule has 0 radical (unpaired) electrons. The van der Waals surface area contributed by atoms with Crippen molar-refractivity contribution in [2.45, 2.75) is 13.8 Å². The van der Waals surface area contributed by atoms with E-state index in [0.29, 0.717) is 5.75 Å². The van der Waals surface area contributed by atoms with Crippen molar-refractivity contribution in [2.24, 2.45) is 7.05 Å². The summed E-state index contributed by atoms with van der Waals surface area (Å²) < 4.78 is 7.32. The highest BCUT2D eigenvalue weighted by Crippen LogP contribution is 2.27. The van der Waals surface area contributed by atoms with Crippen LogP contribution in [0.25, 0.3) is 0 Å². The predicted octanol–water partition coefficient (Wildman–Crippen LogP) is 2.79. The summed E-state index contributed by atoms with van der Waals surface area (Å²) in [6.45, 7) is 4.01. The summed E-state index contributed by atoms with van der Waals surface area (Å²) in [5.41, 5.74) is 2.12. The van der Waals surface area contributed by atoms with Gasteiger partial charge in [0.05, 0.1) is 0 Å². The summed E-state index contributed by atoms with van der Waals surface area (Å²) in [4.78, 5) is 11.3. The standard InChI is InChI=1S/C14H15NO2/c1-10-5-4-6-11(2)14(10)17-12-7-8-13(16)15(3)9-12/h4-9H,1-3H3. The van der Waals surface area contributed by atoms with Crippen molar-refractivity contribution in [3.63, 3.8) is 0 Å². The van der Waals surface area contributed by atoms with E-state index in [4.69, 9.17) is 4.74 Å². The average molecular weight is 229 g/mol. The van der Waals surface area contributed by atoms with Crippen molar-refractivity contribution in [1.82, 2.24) is 4.57 Å². The number of hydrogen-bond acceptors (Lipinski definition) is 2. The summed E-state index contributed by atoms with van der Waals surface area (Å²) in [5, 5.41) is 0. The Labute approximate surface area is 100 Å². The molecule has 0 aliphatic heterocycles. The molecule has 0 bridgehead atoms. The Morgan fingerprint density at radius 1 is 1.06 bits per heavy atom. The molecule has 3 heteroatoms. The van der Waals surface area contributed by atoms with Crippen LogP contribution in [0.15, 0.2) is 41.3 Å². The number of nitrogens with zero attached hydrogens (tertiary/aromatic N) is 1. The quantitative estimate of drug-likeness (QED) is 0.793. The number of pyridine rings is 1. The molecule has 1 aromatic heterocycles. The van der Waals surface area contributed by atoms with E-state index in [1.165, 1.54) is 10.6 Å². The number of hydrogen-bond donors (Lipinski definition) is 0. The second kappa shape index (κ2) is 4.45. The Bertz CT molecular complexity index is 579. The van der Waals surface area contributed by atoms with E-state index in [0.717, 1.165) is 16.9 Å². The second-order valence-electron chi connectivity index (χ2n) is 4.14. The van der Waals surface area contributed by atoms with Gasteiger partial charge < -0.3 is 9.30 Å². The third-order valence-corrected chi connectivity index (χ3v) is 2.69. The molecule has 0 spiro atoms. The smallest absolute Gasteiger partial charge is 0.250 e. The number of benzene rings is 1. The maximum atomic E-state index is 11.3. The van der Waals surface area contributed by atoms with Gasteiger partial charge in [0.2, 0.25) is 0 Å². The van der Waals surface area contributed by atoms with E-state index in [1.54, 1.807) is 19.3 Å². The molecule has 1 aromatic carbocycles. The molecule has 0 N–H and O–H groups in total. The molecule has 0 aliphatic carbocycles. The molecule has 0 saturated carbocycles. The van der Waals surface area contributed by atoms with Gasteiger partial charge in [0.1, 0.15) is 11.5 Å². The van der Waals surface area contributed by atoms with Crippen molar-refractivity contribution >= 4 is 0 Å². The molecular formula is C14H15NO2. The Kier molecular flexibility index (Phi) is 3.00. The number of aromatic nitrogens is 1. The Morgan fingerprint density at radius 2 is 1.71 bits per heavy atom. The van der Waals surface area contributed by atoms with Gasteiger partial charge in [0, 0.05) is 19.3 Å². The first kappa shape index (κ1) is 11.5. The lowest BCUT2D eigenvalue weighted by Crippen LogP contribution is -2.13. The third-order valence-electron chi connectivity index (χ3n) is 2.69. The fourth-order valence-electron chi connectivity index (χ4n) is 1.71. The van der Waals surface area contributed by atoms with Gasteiger partial charge in [-0.2, -0.15) is 0 Å². The number of rotatable bonds is 2. The first-order valence-electron chi connectivity index (χ1n) is 5.48. The third kappa shape index (κ3) is 2.38. The molecule has 17 heavy (non-hydrogen) atoms. The summed E-state index contributed by atoms with van der Waals surface area (Å²) in [6.07, 6.45) is 1.69. The van der Waals surface area contributed by atoms with Gasteiger partial charge in [-0.25, -0.2) is 0 Å². The lowest BCUT2D eigenvalue weighted by Gasteiger charge is -2.11. The molecule has 0 aliphatic rings. The lowest BCUT2D eigenvalue weighted by atomic mass is 10.1. The highest BCUT2D eigenvalue weighted by molar-refractivity contribution is 5.42. The predicted molar refractivity (Wildman–Crippen MR) is 67.7 cm³/mol. The summed E-state index contributed by atoms with van der Waals surface area (Å²) in [7, 11) is 1.71. The normalized spacial score (nSPS) is 10.3. The van der Waals surface area contributed by atoms with Gasteiger partial charge in [-0.05, 0) is 31.0 Å². The van der Waals surface area contributed by atoms with E-state index in [1.807, 2.05) is 32.0 Å². The molecule has 0 unspecified atom stereocenters. The summed E-state index contributed by atoms with van der Waals surface area (Å²) >= 11 is 0. The fourth-order valence-corrected chi connectivity index (χ4v) is 1.71. The molecule has 1 heterocycles. The molecule has 0 atom stereocenters. The van der Waals surface area contributed by atoms with Crippen LogP contribution in [0.1, 0.15) is 11.1 Å². The van der Waals surface area contributed by atoms with Gasteiger partial charge >= 0.3 is 0 Å². The van der Waals surface area contributed by atoms with Crippen LogP contribution in [0.2, 0.25) is 0 Å². The summed E-state index contributed by atoms with van der Waals surface area (Å²) in [6, 6.07) is 9.20. The highest BCUT2D eigenvalue weighted by atomic mass is 16.5. The van der Waals surface area contributed by atoms with Crippen LogP contribution in [-0.4, -0.2) is 4.57 Å². The van der Waals surface area contributed by atoms with E-state index in [9.17, 15) is 4.79 Å². The summed E-state index contributed by atoms with van der Waals surface area (Å²) in [5.74, 6) is 1.52. The number of ether oxygens (including phenoxy) is 1. The molecule has 2 rings (SSSR count). The van der Waals surface area contributed by atoms with Crippen molar-refractivity contribution < 1.29 is 4.74 Å². The lowest BCUT2D eigenvalue weighted by molar-refractivity contribution is 0.468. The minimum Gasteiger partial charge on any atom is -0.455 e. The van der Waals surface area contributed by atoms with Crippen molar-refractivity contribution in [3.05, 3.63) is 58.0 Å². The van der Waals surface area contributed by atoms with E-state index < -0.39 is 0 Å². The highest BCUT2D eigenvalue weighted by Gasteiger charge is 2.05. The fraction of sp³-hybridized carbons (Fsp3) is 0.214. The van der Waals surface area contributed by atoms with Crippen LogP contribution in [0.4, 0.5) is 0 Å². The first-order chi connectivity index (χ1) is 8.08. The molecule has 2 aromatic rings. The Morgan fingerprint density at radius 3 is 2.29 bits per heavy atom. The van der Waals surface area contributed by atoms with Gasteiger partial charge in [0.15, 0.2) is 0 Å². The first-order valence-corrected chi connectivity index (χ1v) is 5.48. The van der Waals surface area contributed by atoms with E-state index in [-0.39, 0.29) is 5.56 Å². The van der Waals surface area contributed by atoms with Gasteiger partial charge in [-0.15, -0.1) is 0 Å². The minimum atomic E-state index is -0.0427. The molecule has 0 fully saturated rings. The monoisotopic (exact) mass is 229 g/mol. The van der Waals surface area contributed by atoms with Crippen LogP contribution in [-0.2, 0) is 7.05 Å². The maximum Gasteiger partial charge on any atom is 0.250 e. The topological polar surface area (TPSA) is 31.2 Å². The van der Waals surface area contributed by atoms with E-state index in [2.05, 4.69) is 0 Å². The largest absolute Gasteiger partial charge is 0.455 e. The van der Waals surface area contributed by atoms with Gasteiger partial charge in [0.25, 0.3) is 5.56 Å². The second-order valence-corrected chi connectivity index (χ2v) is 4.14. The SMILES string of the molecule is Cc1cccc(C)c1Oc1ccc(=O)n(C)c1. The van der Waals surface area contributed by atoms with Gasteiger partial charge in [-0.1, -0.05) is 18.2 Å². The van der Waals surface area contributed by atoms with Crippen LogP contribution in [0.5, 0.6) is 11.5 Å². The Hall–Kier alpha value is -2.03. The zero-order valence-electron chi connectivity index (χ0n) is 10.2. The van der Waals surface area contributed by atoms with Crippen LogP contribution in [0.3, 0.4) is 0 Å². The Balaban J connectivity index is 2.38. The number of aryl methyl sites for hydroxylation is 3. The van der Waals surface area contributed by atoms with Gasteiger partial charge in [-0.3, -0.25) is 4.79 Å². The minimum absolute atomic E-state index is 0.0427.